The van der Waals surface area contributed by atoms with Crippen molar-refractivity contribution in [1.29, 1.82) is 0 Å². The number of likely N-dealkylation sites (tertiary alicyclic amines) is 1. The number of hydrogen-bond donors (Lipinski definition) is 3. The lowest BCUT2D eigenvalue weighted by Gasteiger charge is -2.33. The predicted octanol–water partition coefficient (Wildman–Crippen LogP) is 0.795. The van der Waals surface area contributed by atoms with Crippen LogP contribution in [0.15, 0.2) is 29.2 Å². The van der Waals surface area contributed by atoms with E-state index in [-0.39, 0.29) is 17.6 Å². The number of pyridine rings is 1. The molecule has 0 radical (unpaired) electrons. The number of carbonyl (C=O) groups is 1. The van der Waals surface area contributed by atoms with Gasteiger partial charge >= 0.3 is 0 Å². The van der Waals surface area contributed by atoms with Gasteiger partial charge in [0.05, 0.1) is 5.02 Å². The average molecular weight is 351 g/mol. The molecule has 0 unspecified atom stereocenters. The molecule has 1 saturated heterocycles. The van der Waals surface area contributed by atoms with Crippen molar-refractivity contribution in [2.45, 2.75) is 25.1 Å². The SMILES string of the molecule is NC(N)C(=O)N1CCC(Oc2cc3cc[nH]c(=O)c3cc2Cl)CC1. The molecule has 1 aliphatic rings. The number of hydrogen-bond acceptors (Lipinski definition) is 5. The first-order valence-corrected chi connectivity index (χ1v) is 8.11. The van der Waals surface area contributed by atoms with Gasteiger partial charge in [-0.1, -0.05) is 11.6 Å². The third-order valence-electron chi connectivity index (χ3n) is 4.16. The fourth-order valence-electron chi connectivity index (χ4n) is 2.86. The Kier molecular flexibility index (Phi) is 4.75. The van der Waals surface area contributed by atoms with Crippen molar-refractivity contribution in [3.8, 4) is 5.75 Å². The average Bonchev–Trinajstić information content (AvgIpc) is 2.56. The van der Waals surface area contributed by atoms with E-state index in [2.05, 4.69) is 4.98 Å². The van der Waals surface area contributed by atoms with E-state index in [0.29, 0.717) is 42.1 Å². The monoisotopic (exact) mass is 350 g/mol. The molecular formula is C16H19ClN4O3. The molecule has 3 rings (SSSR count). The number of H-pyrrole nitrogens is 1. The molecule has 2 aromatic rings. The van der Waals surface area contributed by atoms with Gasteiger partial charge in [0, 0.05) is 37.5 Å². The number of halogens is 1. The lowest BCUT2D eigenvalue weighted by Crippen LogP contribution is -2.52. The quantitative estimate of drug-likeness (QED) is 0.708. The number of rotatable bonds is 3. The minimum atomic E-state index is -0.976. The molecule has 0 aliphatic carbocycles. The van der Waals surface area contributed by atoms with E-state index in [1.165, 1.54) is 0 Å². The predicted molar refractivity (Wildman–Crippen MR) is 92.0 cm³/mol. The van der Waals surface area contributed by atoms with Gasteiger partial charge in [-0.15, -0.1) is 0 Å². The van der Waals surface area contributed by atoms with Crippen LogP contribution >= 0.6 is 11.6 Å². The van der Waals surface area contributed by atoms with Gasteiger partial charge in [0.1, 0.15) is 18.0 Å². The number of ether oxygens (including phenoxy) is 1. The topological polar surface area (TPSA) is 114 Å². The van der Waals surface area contributed by atoms with E-state index >= 15 is 0 Å². The number of fused-ring (bicyclic) bond motifs is 1. The Morgan fingerprint density at radius 2 is 2.04 bits per heavy atom. The van der Waals surface area contributed by atoms with Gasteiger partial charge in [-0.05, 0) is 23.6 Å². The van der Waals surface area contributed by atoms with Crippen molar-refractivity contribution < 1.29 is 9.53 Å². The van der Waals surface area contributed by atoms with E-state index < -0.39 is 6.17 Å². The van der Waals surface area contributed by atoms with Crippen molar-refractivity contribution in [3.05, 3.63) is 39.8 Å². The number of nitrogens with two attached hydrogens (primary N) is 2. The molecular weight excluding hydrogens is 332 g/mol. The van der Waals surface area contributed by atoms with Crippen molar-refractivity contribution in [1.82, 2.24) is 9.88 Å². The number of nitrogens with one attached hydrogen (secondary N) is 1. The van der Waals surface area contributed by atoms with Gasteiger partial charge in [0.15, 0.2) is 0 Å². The summed E-state index contributed by atoms with van der Waals surface area (Å²) in [6.07, 6.45) is 1.89. The number of carbonyl (C=O) groups excluding carboxylic acids is 1. The Balaban J connectivity index is 1.71. The first-order valence-electron chi connectivity index (χ1n) is 7.73. The molecule has 24 heavy (non-hydrogen) atoms. The van der Waals surface area contributed by atoms with Crippen molar-refractivity contribution in [2.75, 3.05) is 13.1 Å². The van der Waals surface area contributed by atoms with Crippen LogP contribution < -0.4 is 21.8 Å². The summed E-state index contributed by atoms with van der Waals surface area (Å²) in [4.78, 5) is 27.8. The molecule has 1 aliphatic heterocycles. The number of piperidine rings is 1. The lowest BCUT2D eigenvalue weighted by atomic mass is 10.1. The summed E-state index contributed by atoms with van der Waals surface area (Å²) < 4.78 is 5.98. The smallest absolute Gasteiger partial charge is 0.255 e. The number of aromatic nitrogens is 1. The molecule has 0 bridgehead atoms. The Bertz CT molecular complexity index is 813. The third kappa shape index (κ3) is 3.38. The zero-order valence-corrected chi connectivity index (χ0v) is 13.8. The summed E-state index contributed by atoms with van der Waals surface area (Å²) in [5.74, 6) is 0.284. The standard InChI is InChI=1S/C16H19ClN4O3/c17-12-8-11-9(1-4-20-15(11)22)7-13(12)24-10-2-5-21(6-3-10)16(23)14(18)19/h1,4,7-8,10,14H,2-3,5-6,18-19H2,(H,20,22). The molecule has 1 fully saturated rings. The molecule has 0 saturated carbocycles. The van der Waals surface area contributed by atoms with Gasteiger partial charge in [-0.2, -0.15) is 0 Å². The molecule has 8 heteroatoms. The maximum absolute atomic E-state index is 11.8. The first-order chi connectivity index (χ1) is 11.5. The summed E-state index contributed by atoms with van der Waals surface area (Å²) in [6.45, 7) is 1.08. The molecule has 1 aromatic heterocycles. The molecule has 2 heterocycles. The molecule has 7 nitrogen and oxygen atoms in total. The van der Waals surface area contributed by atoms with Crippen LogP contribution in [0.5, 0.6) is 5.75 Å². The van der Waals surface area contributed by atoms with Crippen LogP contribution in [0.2, 0.25) is 5.02 Å². The highest BCUT2D eigenvalue weighted by Gasteiger charge is 2.26. The number of benzene rings is 1. The number of amides is 1. The van der Waals surface area contributed by atoms with E-state index in [9.17, 15) is 9.59 Å². The summed E-state index contributed by atoms with van der Waals surface area (Å²) in [7, 11) is 0. The maximum Gasteiger partial charge on any atom is 0.255 e. The molecule has 0 atom stereocenters. The fourth-order valence-corrected chi connectivity index (χ4v) is 3.07. The first kappa shape index (κ1) is 16.8. The van der Waals surface area contributed by atoms with Crippen molar-refractivity contribution >= 4 is 28.3 Å². The molecule has 1 aromatic carbocycles. The zero-order chi connectivity index (χ0) is 17.3. The fraction of sp³-hybridized carbons (Fsp3) is 0.375. The minimum Gasteiger partial charge on any atom is -0.489 e. The van der Waals surface area contributed by atoms with E-state index in [1.54, 1.807) is 29.3 Å². The van der Waals surface area contributed by atoms with Crippen LogP contribution in [0.1, 0.15) is 12.8 Å². The normalized spacial score (nSPS) is 15.9. The Morgan fingerprint density at radius 3 is 2.71 bits per heavy atom. The van der Waals surface area contributed by atoms with Gasteiger partial charge < -0.3 is 26.1 Å². The van der Waals surface area contributed by atoms with E-state index in [1.807, 2.05) is 0 Å². The minimum absolute atomic E-state index is 0.0556. The van der Waals surface area contributed by atoms with Crippen LogP contribution in [0.3, 0.4) is 0 Å². The zero-order valence-electron chi connectivity index (χ0n) is 13.0. The second-order valence-electron chi connectivity index (χ2n) is 5.84. The van der Waals surface area contributed by atoms with Crippen LogP contribution in [-0.4, -0.2) is 41.2 Å². The van der Waals surface area contributed by atoms with Crippen molar-refractivity contribution in [3.63, 3.8) is 0 Å². The summed E-state index contributed by atoms with van der Waals surface area (Å²) in [5.41, 5.74) is 10.7. The van der Waals surface area contributed by atoms with Gasteiger partial charge in [-0.3, -0.25) is 9.59 Å². The van der Waals surface area contributed by atoms with E-state index in [4.69, 9.17) is 27.8 Å². The molecule has 1 amide bonds. The largest absolute Gasteiger partial charge is 0.489 e. The van der Waals surface area contributed by atoms with Crippen LogP contribution in [0, 0.1) is 0 Å². The van der Waals surface area contributed by atoms with Crippen molar-refractivity contribution in [2.24, 2.45) is 11.5 Å². The molecule has 0 spiro atoms. The van der Waals surface area contributed by atoms with Crippen LogP contribution in [0.4, 0.5) is 0 Å². The van der Waals surface area contributed by atoms with Gasteiger partial charge in [0.2, 0.25) is 0 Å². The number of aromatic amines is 1. The Labute approximate surface area is 143 Å². The highest BCUT2D eigenvalue weighted by atomic mass is 35.5. The van der Waals surface area contributed by atoms with Gasteiger partial charge in [0.25, 0.3) is 11.5 Å². The molecule has 128 valence electrons. The highest BCUT2D eigenvalue weighted by Crippen LogP contribution is 2.31. The third-order valence-corrected chi connectivity index (χ3v) is 4.45. The number of nitrogens with zero attached hydrogens (tertiary/aromatic N) is 1. The van der Waals surface area contributed by atoms with E-state index in [0.717, 1.165) is 5.39 Å². The van der Waals surface area contributed by atoms with Gasteiger partial charge in [-0.25, -0.2) is 0 Å². The Morgan fingerprint density at radius 1 is 1.33 bits per heavy atom. The Hall–Kier alpha value is -2.09. The van der Waals surface area contributed by atoms with Crippen LogP contribution in [0.25, 0.3) is 10.8 Å². The summed E-state index contributed by atoms with van der Waals surface area (Å²) in [6, 6.07) is 5.17. The lowest BCUT2D eigenvalue weighted by molar-refractivity contribution is -0.134. The maximum atomic E-state index is 11.8. The summed E-state index contributed by atoms with van der Waals surface area (Å²) >= 11 is 6.24. The second kappa shape index (κ2) is 6.80. The van der Waals surface area contributed by atoms with Crippen LogP contribution in [-0.2, 0) is 4.79 Å². The highest BCUT2D eigenvalue weighted by molar-refractivity contribution is 6.32. The summed E-state index contributed by atoms with van der Waals surface area (Å²) in [5, 5.41) is 1.67. The molecule has 5 N–H and O–H groups in total. The second-order valence-corrected chi connectivity index (χ2v) is 6.25.